The smallest absolute Gasteiger partial charge is 0.459 e. The first kappa shape index (κ1) is 33.9. The Morgan fingerprint density at radius 1 is 1.20 bits per heavy atom. The molecule has 4 rings (SSSR count). The van der Waals surface area contributed by atoms with Crippen LogP contribution in [0.3, 0.4) is 0 Å². The molecule has 1 saturated carbocycles. The molecule has 1 aromatic carbocycles. The van der Waals surface area contributed by atoms with Gasteiger partial charge in [-0.2, -0.15) is 15.1 Å². The normalized spacial score (nSPS) is 18.2. The lowest BCUT2D eigenvalue weighted by molar-refractivity contribution is -0.152. The van der Waals surface area contributed by atoms with Gasteiger partial charge < -0.3 is 29.6 Å². The third-order valence-corrected chi connectivity index (χ3v) is 8.83. The number of nitrogens with two attached hydrogens (primary N) is 1. The molecule has 16 heteroatoms. The molecule has 2 heterocycles. The van der Waals surface area contributed by atoms with Crippen molar-refractivity contribution in [2.24, 2.45) is 0 Å². The molecule has 2 aromatic heterocycles. The van der Waals surface area contributed by atoms with E-state index in [0.29, 0.717) is 17.8 Å². The number of ether oxygens (including phenoxy) is 3. The van der Waals surface area contributed by atoms with Crippen LogP contribution in [0.1, 0.15) is 59.1 Å². The highest BCUT2D eigenvalue weighted by Gasteiger charge is 2.35. The molecule has 14 nitrogen and oxygen atoms in total. The molecule has 0 aliphatic heterocycles. The van der Waals surface area contributed by atoms with E-state index < -0.39 is 44.8 Å². The number of fused-ring (bicyclic) bond motifs is 1. The number of aliphatic hydroxyl groups excluding tert-OH is 1. The third kappa shape index (κ3) is 9.02. The molecule has 44 heavy (non-hydrogen) atoms. The van der Waals surface area contributed by atoms with Gasteiger partial charge in [0.15, 0.2) is 17.4 Å². The summed E-state index contributed by atoms with van der Waals surface area (Å²) in [6, 6.07) is 7.36. The van der Waals surface area contributed by atoms with Crippen LogP contribution in [0.25, 0.3) is 11.2 Å². The van der Waals surface area contributed by atoms with E-state index in [9.17, 15) is 14.5 Å². The number of benzene rings is 1. The highest BCUT2D eigenvalue weighted by Crippen LogP contribution is 2.45. The lowest BCUT2D eigenvalue weighted by atomic mass is 9.98. The van der Waals surface area contributed by atoms with Crippen molar-refractivity contribution in [1.82, 2.24) is 24.6 Å². The van der Waals surface area contributed by atoms with Gasteiger partial charge in [0.05, 0.1) is 31.5 Å². The van der Waals surface area contributed by atoms with Crippen LogP contribution < -0.4 is 20.1 Å². The third-order valence-electron chi connectivity index (χ3n) is 6.92. The number of nitrogens with zero attached hydrogens (tertiary/aromatic N) is 4. The minimum atomic E-state index is -4.22. The Morgan fingerprint density at radius 2 is 1.93 bits per heavy atom. The fraction of sp³-hybridized carbons (Fsp3) is 0.571. The SMILES string of the molecule is CCOc1nc(N)nc2c1ncn2[C@@H](CCl)O[C@H](COP(=O)(NC(C)C(=O)OC1CCCCC1)Oc1ccccc1)[C@H](C)O. The Kier molecular flexibility index (Phi) is 12.2. The Balaban J connectivity index is 1.50. The Labute approximate surface area is 261 Å². The number of hydrogen-bond donors (Lipinski definition) is 3. The van der Waals surface area contributed by atoms with Crippen LogP contribution in [-0.4, -0.2) is 74.0 Å². The van der Waals surface area contributed by atoms with Crippen molar-refractivity contribution in [3.63, 3.8) is 0 Å². The van der Waals surface area contributed by atoms with Crippen LogP contribution in [-0.2, 0) is 23.4 Å². The topological polar surface area (TPSA) is 182 Å². The van der Waals surface area contributed by atoms with Crippen molar-refractivity contribution >= 4 is 42.4 Å². The highest BCUT2D eigenvalue weighted by molar-refractivity contribution is 7.52. The van der Waals surface area contributed by atoms with Crippen molar-refractivity contribution in [3.8, 4) is 11.6 Å². The molecule has 0 radical (unpaired) electrons. The average Bonchev–Trinajstić information content (AvgIpc) is 3.42. The predicted molar refractivity (Wildman–Crippen MR) is 163 cm³/mol. The zero-order valence-electron chi connectivity index (χ0n) is 25.0. The zero-order valence-corrected chi connectivity index (χ0v) is 26.7. The number of esters is 1. The largest absolute Gasteiger partial charge is 0.476 e. The fourth-order valence-electron chi connectivity index (χ4n) is 4.65. The van der Waals surface area contributed by atoms with E-state index in [-0.39, 0.29) is 29.6 Å². The minimum absolute atomic E-state index is 0.0346. The van der Waals surface area contributed by atoms with Gasteiger partial charge in [-0.05, 0) is 58.6 Å². The van der Waals surface area contributed by atoms with E-state index in [4.69, 9.17) is 40.6 Å². The van der Waals surface area contributed by atoms with Crippen molar-refractivity contribution in [2.75, 3.05) is 24.8 Å². The molecule has 0 bridgehead atoms. The quantitative estimate of drug-likeness (QED) is 0.113. The number of nitrogen functional groups attached to an aromatic ring is 1. The average molecular weight is 655 g/mol. The van der Waals surface area contributed by atoms with Crippen LogP contribution in [0.5, 0.6) is 11.6 Å². The number of para-hydroxylation sites is 1. The summed E-state index contributed by atoms with van der Waals surface area (Å²) in [6.07, 6.45) is 2.88. The molecule has 5 atom stereocenters. The fourth-order valence-corrected chi connectivity index (χ4v) is 6.37. The minimum Gasteiger partial charge on any atom is -0.476 e. The number of carbonyl (C=O) groups is 1. The number of imidazole rings is 1. The van der Waals surface area contributed by atoms with Crippen LogP contribution in [0.15, 0.2) is 36.7 Å². The first-order valence-corrected chi connectivity index (χ1v) is 16.7. The van der Waals surface area contributed by atoms with Gasteiger partial charge in [-0.15, -0.1) is 11.6 Å². The lowest BCUT2D eigenvalue weighted by Gasteiger charge is -2.29. The van der Waals surface area contributed by atoms with Gasteiger partial charge in [-0.3, -0.25) is 13.9 Å². The number of alkyl halides is 1. The molecule has 3 aromatic rings. The van der Waals surface area contributed by atoms with Gasteiger partial charge in [-0.25, -0.2) is 9.55 Å². The number of nitrogens with one attached hydrogen (secondary N) is 1. The van der Waals surface area contributed by atoms with Crippen molar-refractivity contribution < 1.29 is 37.7 Å². The first-order valence-electron chi connectivity index (χ1n) is 14.6. The van der Waals surface area contributed by atoms with Gasteiger partial charge in [0.1, 0.15) is 24.0 Å². The number of carbonyl (C=O) groups excluding carboxylic acids is 1. The van der Waals surface area contributed by atoms with E-state index >= 15 is 0 Å². The standard InChI is InChI=1S/C28H40ClN6O8P/c1-4-39-26-24-25(32-28(30)33-26)35(17-31-24)23(15-29)42-22(19(3)36)16-40-44(38,43-21-13-9-6-10-14-21)34-18(2)27(37)41-20-11-7-5-8-12-20/h6,9-10,13-14,17-20,22-23,36H,4-5,7-8,11-12,15-16H2,1-3H3,(H,34,38)(H2,30,32,33)/t18?,19-,22+,23+,44?/m0/s1. The van der Waals surface area contributed by atoms with Gasteiger partial charge in [-0.1, -0.05) is 24.6 Å². The lowest BCUT2D eigenvalue weighted by Crippen LogP contribution is -2.39. The van der Waals surface area contributed by atoms with E-state index in [1.165, 1.54) is 24.7 Å². The highest BCUT2D eigenvalue weighted by atomic mass is 35.5. The number of rotatable bonds is 16. The molecule has 0 amide bonds. The number of halogens is 1. The van der Waals surface area contributed by atoms with Gasteiger partial charge >= 0.3 is 13.7 Å². The summed E-state index contributed by atoms with van der Waals surface area (Å²) in [5.41, 5.74) is 6.54. The molecule has 242 valence electrons. The van der Waals surface area contributed by atoms with Crippen LogP contribution >= 0.6 is 19.3 Å². The molecule has 1 fully saturated rings. The summed E-state index contributed by atoms with van der Waals surface area (Å²) >= 11 is 6.28. The Morgan fingerprint density at radius 3 is 2.59 bits per heavy atom. The molecule has 1 aliphatic carbocycles. The van der Waals surface area contributed by atoms with Crippen molar-refractivity contribution in [1.29, 1.82) is 0 Å². The van der Waals surface area contributed by atoms with E-state index in [0.717, 1.165) is 32.1 Å². The molecule has 4 N–H and O–H groups in total. The van der Waals surface area contributed by atoms with Crippen LogP contribution in [0.4, 0.5) is 5.95 Å². The first-order chi connectivity index (χ1) is 21.1. The summed E-state index contributed by atoms with van der Waals surface area (Å²) < 4.78 is 44.4. The second kappa shape index (κ2) is 15.8. The van der Waals surface area contributed by atoms with E-state index in [1.54, 1.807) is 37.3 Å². The second-order valence-electron chi connectivity index (χ2n) is 10.4. The number of anilines is 1. The number of aromatic nitrogens is 4. The summed E-state index contributed by atoms with van der Waals surface area (Å²) in [4.78, 5) is 25.5. The maximum absolute atomic E-state index is 14.0. The zero-order chi connectivity index (χ0) is 31.7. The maximum atomic E-state index is 14.0. The Bertz CT molecular complexity index is 1410. The number of hydrogen-bond acceptors (Lipinski definition) is 12. The molecule has 0 spiro atoms. The molecular formula is C28H40ClN6O8P. The predicted octanol–water partition coefficient (Wildman–Crippen LogP) is 4.37. The summed E-state index contributed by atoms with van der Waals surface area (Å²) in [6.45, 7) is 4.75. The molecule has 1 aliphatic rings. The van der Waals surface area contributed by atoms with Crippen molar-refractivity contribution in [3.05, 3.63) is 36.7 Å². The van der Waals surface area contributed by atoms with Crippen LogP contribution in [0.2, 0.25) is 0 Å². The molecule has 0 saturated heterocycles. The van der Waals surface area contributed by atoms with E-state index in [2.05, 4.69) is 20.0 Å². The van der Waals surface area contributed by atoms with Crippen molar-refractivity contribution in [2.45, 2.75) is 83.5 Å². The van der Waals surface area contributed by atoms with E-state index in [1.807, 2.05) is 0 Å². The van der Waals surface area contributed by atoms with Crippen LogP contribution in [0, 0.1) is 0 Å². The number of aliphatic hydroxyl groups is 1. The van der Waals surface area contributed by atoms with Gasteiger partial charge in [0.25, 0.3) is 0 Å². The monoisotopic (exact) mass is 654 g/mol. The maximum Gasteiger partial charge on any atom is 0.459 e. The molecule has 2 unspecified atom stereocenters. The Hall–Kier alpha value is -3.00. The van der Waals surface area contributed by atoms with Gasteiger partial charge in [0, 0.05) is 0 Å². The summed E-state index contributed by atoms with van der Waals surface area (Å²) in [7, 11) is -4.22. The van der Waals surface area contributed by atoms with Gasteiger partial charge in [0.2, 0.25) is 11.8 Å². The second-order valence-corrected chi connectivity index (χ2v) is 12.4. The summed E-state index contributed by atoms with van der Waals surface area (Å²) in [5, 5.41) is 13.3. The summed E-state index contributed by atoms with van der Waals surface area (Å²) in [5.74, 6) is -0.228. The molecular weight excluding hydrogens is 615 g/mol.